The first-order chi connectivity index (χ1) is 7.87. The van der Waals surface area contributed by atoms with E-state index in [4.69, 9.17) is 4.74 Å². The zero-order valence-corrected chi connectivity index (χ0v) is 10.7. The number of hydrogen-bond donors (Lipinski definition) is 1. The minimum absolute atomic E-state index is 0.0731. The van der Waals surface area contributed by atoms with Gasteiger partial charge in [-0.1, -0.05) is 20.8 Å². The average Bonchev–Trinajstić information content (AvgIpc) is 2.61. The maximum Gasteiger partial charge on any atom is 0.331 e. The number of aliphatic hydroxyl groups excluding tert-OH is 1. The van der Waals surface area contributed by atoms with Crippen LogP contribution in [0.25, 0.3) is 0 Å². The number of hydrogen-bond acceptors (Lipinski definition) is 3. The monoisotopic (exact) mass is 236 g/mol. The molecule has 0 radical (unpaired) electrons. The van der Waals surface area contributed by atoms with E-state index in [0.29, 0.717) is 5.92 Å². The molecule has 4 atom stereocenters. The Morgan fingerprint density at radius 2 is 2.18 bits per heavy atom. The summed E-state index contributed by atoms with van der Waals surface area (Å²) >= 11 is 0. The van der Waals surface area contributed by atoms with E-state index in [-0.39, 0.29) is 23.4 Å². The highest BCUT2D eigenvalue weighted by Gasteiger charge is 2.65. The molecule has 0 unspecified atom stereocenters. The molecular weight excluding hydrogens is 216 g/mol. The van der Waals surface area contributed by atoms with Crippen molar-refractivity contribution in [1.82, 2.24) is 0 Å². The van der Waals surface area contributed by atoms with Crippen LogP contribution in [0.1, 0.15) is 40.0 Å². The molecular formula is C14H20O3. The molecule has 2 fully saturated rings. The summed E-state index contributed by atoms with van der Waals surface area (Å²) in [4.78, 5) is 11.6. The van der Waals surface area contributed by atoms with Gasteiger partial charge in [0.15, 0.2) is 0 Å². The molecule has 0 saturated heterocycles. The summed E-state index contributed by atoms with van der Waals surface area (Å²) in [7, 11) is 0. The molecule has 17 heavy (non-hydrogen) atoms. The van der Waals surface area contributed by atoms with E-state index in [1.807, 2.05) is 0 Å². The first kappa shape index (κ1) is 11.3. The lowest BCUT2D eigenvalue weighted by molar-refractivity contribution is -0.153. The Kier molecular flexibility index (Phi) is 2.08. The van der Waals surface area contributed by atoms with E-state index in [0.717, 1.165) is 24.8 Å². The van der Waals surface area contributed by atoms with Crippen LogP contribution in [0.2, 0.25) is 0 Å². The predicted octanol–water partition coefficient (Wildman–Crippen LogP) is 2.05. The fraction of sp³-hybridized carbons (Fsp3) is 0.786. The fourth-order valence-corrected chi connectivity index (χ4v) is 4.23. The second-order valence-electron chi connectivity index (χ2n) is 6.63. The normalized spacial score (nSPS) is 47.2. The van der Waals surface area contributed by atoms with Gasteiger partial charge in [0.2, 0.25) is 0 Å². The Morgan fingerprint density at radius 1 is 1.47 bits per heavy atom. The molecule has 0 aromatic rings. The van der Waals surface area contributed by atoms with Gasteiger partial charge in [-0.3, -0.25) is 0 Å². The van der Waals surface area contributed by atoms with Crippen molar-refractivity contribution in [2.24, 2.45) is 17.3 Å². The lowest BCUT2D eigenvalue weighted by atomic mass is 9.68. The Labute approximate surface area is 102 Å². The molecule has 3 heteroatoms. The highest BCUT2D eigenvalue weighted by atomic mass is 16.6. The van der Waals surface area contributed by atoms with Crippen LogP contribution >= 0.6 is 0 Å². The lowest BCUT2D eigenvalue weighted by Crippen LogP contribution is -2.46. The summed E-state index contributed by atoms with van der Waals surface area (Å²) in [6, 6.07) is 0. The van der Waals surface area contributed by atoms with Crippen LogP contribution in [0.3, 0.4) is 0 Å². The maximum atomic E-state index is 11.6. The van der Waals surface area contributed by atoms with Crippen molar-refractivity contribution >= 4 is 5.97 Å². The third kappa shape index (κ3) is 1.29. The van der Waals surface area contributed by atoms with Crippen LogP contribution in [-0.2, 0) is 9.53 Å². The molecule has 0 bridgehead atoms. The SMILES string of the molecule is C[C@@H]1CCC2=CC(=O)O[C@@]23CC(C)(C)[C@@H](O)[C@@H]13. The number of esters is 1. The van der Waals surface area contributed by atoms with Crippen molar-refractivity contribution < 1.29 is 14.6 Å². The fourth-order valence-electron chi connectivity index (χ4n) is 4.23. The summed E-state index contributed by atoms with van der Waals surface area (Å²) in [5.74, 6) is 0.266. The van der Waals surface area contributed by atoms with Crippen LogP contribution in [0.4, 0.5) is 0 Å². The summed E-state index contributed by atoms with van der Waals surface area (Å²) in [6.45, 7) is 6.31. The van der Waals surface area contributed by atoms with Crippen LogP contribution < -0.4 is 0 Å². The molecule has 1 aliphatic heterocycles. The standard InChI is InChI=1S/C14H20O3/c1-8-4-5-9-6-10(15)17-14(9)7-13(2,3)12(16)11(8)14/h6,8,11-12,16H,4-5,7H2,1-3H3/t8-,11-,12+,14+/m1/s1. The van der Waals surface area contributed by atoms with Crippen LogP contribution in [0.5, 0.6) is 0 Å². The van der Waals surface area contributed by atoms with Crippen molar-refractivity contribution in [1.29, 1.82) is 0 Å². The molecule has 3 nitrogen and oxygen atoms in total. The van der Waals surface area contributed by atoms with Crippen molar-refractivity contribution in [2.45, 2.75) is 51.7 Å². The molecule has 0 aromatic heterocycles. The van der Waals surface area contributed by atoms with Gasteiger partial charge >= 0.3 is 5.97 Å². The van der Waals surface area contributed by atoms with E-state index < -0.39 is 5.60 Å². The van der Waals surface area contributed by atoms with E-state index in [2.05, 4.69) is 20.8 Å². The Hall–Kier alpha value is -0.830. The molecule has 0 amide bonds. The summed E-state index contributed by atoms with van der Waals surface area (Å²) in [6.07, 6.45) is 4.02. The van der Waals surface area contributed by atoms with Crippen molar-refractivity contribution in [2.75, 3.05) is 0 Å². The maximum absolute atomic E-state index is 11.6. The van der Waals surface area contributed by atoms with E-state index in [1.54, 1.807) is 6.08 Å². The number of aliphatic hydroxyl groups is 1. The molecule has 1 heterocycles. The average molecular weight is 236 g/mol. The molecule has 2 aliphatic carbocycles. The van der Waals surface area contributed by atoms with Gasteiger partial charge in [0, 0.05) is 12.0 Å². The number of ether oxygens (including phenoxy) is 1. The second kappa shape index (κ2) is 3.14. The van der Waals surface area contributed by atoms with Crippen LogP contribution in [0, 0.1) is 17.3 Å². The van der Waals surface area contributed by atoms with Gasteiger partial charge in [-0.05, 0) is 36.2 Å². The molecule has 94 valence electrons. The zero-order chi connectivity index (χ0) is 12.4. The Balaban J connectivity index is 2.10. The summed E-state index contributed by atoms with van der Waals surface area (Å²) < 4.78 is 5.66. The molecule has 3 aliphatic rings. The van der Waals surface area contributed by atoms with Crippen molar-refractivity contribution in [3.05, 3.63) is 11.6 Å². The van der Waals surface area contributed by atoms with Gasteiger partial charge in [0.25, 0.3) is 0 Å². The van der Waals surface area contributed by atoms with E-state index in [9.17, 15) is 9.90 Å². The van der Waals surface area contributed by atoms with Crippen LogP contribution in [-0.4, -0.2) is 22.8 Å². The number of rotatable bonds is 0. The van der Waals surface area contributed by atoms with Gasteiger partial charge in [-0.2, -0.15) is 0 Å². The van der Waals surface area contributed by atoms with Gasteiger partial charge in [0.05, 0.1) is 6.10 Å². The summed E-state index contributed by atoms with van der Waals surface area (Å²) in [5.41, 5.74) is 0.459. The summed E-state index contributed by atoms with van der Waals surface area (Å²) in [5, 5.41) is 10.5. The molecule has 3 rings (SSSR count). The van der Waals surface area contributed by atoms with Crippen molar-refractivity contribution in [3.63, 3.8) is 0 Å². The molecule has 1 spiro atoms. The number of carbonyl (C=O) groups is 1. The largest absolute Gasteiger partial charge is 0.451 e. The van der Waals surface area contributed by atoms with Gasteiger partial charge in [-0.25, -0.2) is 4.79 Å². The predicted molar refractivity (Wildman–Crippen MR) is 63.2 cm³/mol. The molecule has 2 saturated carbocycles. The quantitative estimate of drug-likeness (QED) is 0.655. The minimum Gasteiger partial charge on any atom is -0.451 e. The minimum atomic E-state index is -0.488. The third-order valence-electron chi connectivity index (χ3n) is 5.00. The zero-order valence-electron chi connectivity index (χ0n) is 10.7. The Morgan fingerprint density at radius 3 is 2.88 bits per heavy atom. The van der Waals surface area contributed by atoms with E-state index >= 15 is 0 Å². The van der Waals surface area contributed by atoms with Gasteiger partial charge in [-0.15, -0.1) is 0 Å². The molecule has 0 aromatic carbocycles. The van der Waals surface area contributed by atoms with Crippen molar-refractivity contribution in [3.8, 4) is 0 Å². The third-order valence-corrected chi connectivity index (χ3v) is 5.00. The van der Waals surface area contributed by atoms with Gasteiger partial charge in [0.1, 0.15) is 5.60 Å². The molecule has 1 N–H and O–H groups in total. The highest BCUT2D eigenvalue weighted by Crippen LogP contribution is 2.60. The lowest BCUT2D eigenvalue weighted by Gasteiger charge is -2.41. The second-order valence-corrected chi connectivity index (χ2v) is 6.63. The first-order valence-corrected chi connectivity index (χ1v) is 6.49. The van der Waals surface area contributed by atoms with Crippen LogP contribution in [0.15, 0.2) is 11.6 Å². The van der Waals surface area contributed by atoms with Gasteiger partial charge < -0.3 is 9.84 Å². The van der Waals surface area contributed by atoms with E-state index in [1.165, 1.54) is 0 Å². The first-order valence-electron chi connectivity index (χ1n) is 6.49. The Bertz CT molecular complexity index is 410. The highest BCUT2D eigenvalue weighted by molar-refractivity contribution is 5.87. The topological polar surface area (TPSA) is 46.5 Å². The smallest absolute Gasteiger partial charge is 0.331 e. The number of carbonyl (C=O) groups excluding carboxylic acids is 1.